The van der Waals surface area contributed by atoms with Crippen LogP contribution >= 0.6 is 0 Å². The van der Waals surface area contributed by atoms with Gasteiger partial charge in [0.25, 0.3) is 0 Å². The van der Waals surface area contributed by atoms with Crippen LogP contribution in [0.4, 0.5) is 15.9 Å². The van der Waals surface area contributed by atoms with Crippen LogP contribution in [-0.4, -0.2) is 63.3 Å². The maximum atomic E-state index is 14.3. The molecule has 9 heteroatoms. The van der Waals surface area contributed by atoms with E-state index in [1.165, 1.54) is 6.07 Å². The van der Waals surface area contributed by atoms with Crippen LogP contribution in [0.25, 0.3) is 17.0 Å². The smallest absolute Gasteiger partial charge is 0.238 e. The average molecular weight is 460 g/mol. The van der Waals surface area contributed by atoms with E-state index >= 15 is 0 Å². The van der Waals surface area contributed by atoms with Gasteiger partial charge in [-0.3, -0.25) is 9.69 Å². The highest BCUT2D eigenvalue weighted by Crippen LogP contribution is 2.23. The van der Waals surface area contributed by atoms with Crippen molar-refractivity contribution < 1.29 is 9.18 Å². The molecule has 1 fully saturated rings. The van der Waals surface area contributed by atoms with E-state index in [-0.39, 0.29) is 11.7 Å². The molecule has 1 aliphatic rings. The van der Waals surface area contributed by atoms with Crippen molar-refractivity contribution in [3.63, 3.8) is 0 Å². The Labute approximate surface area is 197 Å². The second-order valence-corrected chi connectivity index (χ2v) is 8.54. The number of aromatic nitrogens is 4. The lowest BCUT2D eigenvalue weighted by atomic mass is 10.1. The number of halogens is 1. The van der Waals surface area contributed by atoms with E-state index in [0.29, 0.717) is 23.6 Å². The molecule has 1 N–H and O–H groups in total. The molecule has 34 heavy (non-hydrogen) atoms. The Morgan fingerprint density at radius 3 is 2.41 bits per heavy atom. The summed E-state index contributed by atoms with van der Waals surface area (Å²) >= 11 is 0. The molecule has 2 aromatic heterocycles. The highest BCUT2D eigenvalue weighted by Gasteiger charge is 2.22. The van der Waals surface area contributed by atoms with Crippen molar-refractivity contribution in [1.82, 2.24) is 24.7 Å². The number of para-hydroxylation sites is 1. The minimum absolute atomic E-state index is 0.00980. The van der Waals surface area contributed by atoms with Crippen LogP contribution in [0.3, 0.4) is 0 Å². The molecule has 1 aliphatic heterocycles. The predicted octanol–water partition coefficient (Wildman–Crippen LogP) is 3.31. The number of fused-ring (bicyclic) bond motifs is 1. The molecule has 0 saturated carbocycles. The minimum Gasteiger partial charge on any atom is -0.353 e. The number of rotatable bonds is 5. The topological polar surface area (TPSA) is 78.7 Å². The minimum atomic E-state index is -0.364. The van der Waals surface area contributed by atoms with Crippen LogP contribution in [0.1, 0.15) is 11.1 Å². The normalized spacial score (nSPS) is 14.5. The predicted molar refractivity (Wildman–Crippen MR) is 129 cm³/mol. The molecular formula is C25H26FN7O. The lowest BCUT2D eigenvalue weighted by Gasteiger charge is -2.34. The first-order chi connectivity index (χ1) is 16.5. The molecule has 0 atom stereocenters. The van der Waals surface area contributed by atoms with E-state index < -0.39 is 0 Å². The number of anilines is 2. The molecule has 0 aliphatic carbocycles. The number of hydrogen-bond acceptors (Lipinski definition) is 6. The van der Waals surface area contributed by atoms with E-state index in [9.17, 15) is 9.18 Å². The molecule has 8 nitrogen and oxygen atoms in total. The molecule has 174 valence electrons. The molecule has 5 rings (SSSR count). The van der Waals surface area contributed by atoms with Gasteiger partial charge in [0.1, 0.15) is 11.6 Å². The molecule has 1 amide bonds. The highest BCUT2D eigenvalue weighted by atomic mass is 19.1. The largest absolute Gasteiger partial charge is 0.353 e. The zero-order valence-corrected chi connectivity index (χ0v) is 19.2. The second kappa shape index (κ2) is 9.18. The Bertz CT molecular complexity index is 1320. The van der Waals surface area contributed by atoms with E-state index in [1.807, 2.05) is 44.2 Å². The quantitative estimate of drug-likeness (QED) is 0.493. The van der Waals surface area contributed by atoms with Crippen LogP contribution in [-0.2, 0) is 4.79 Å². The third kappa shape index (κ3) is 4.34. The number of piperazine rings is 1. The number of nitrogens with zero attached hydrogens (tertiary/aromatic N) is 6. The van der Waals surface area contributed by atoms with Gasteiger partial charge < -0.3 is 10.2 Å². The standard InChI is InChI=1S/C25H26FN7O/c1-17-6-5-7-18(2)24(17)27-23(34)16-31-12-14-32(15-13-31)22-11-10-21-28-29-25(33(21)30-22)19-8-3-4-9-20(19)26/h3-11H,12-16H2,1-2H3,(H,27,34). The van der Waals surface area contributed by atoms with Crippen LogP contribution in [0.15, 0.2) is 54.6 Å². The van der Waals surface area contributed by atoms with Crippen molar-refractivity contribution in [1.29, 1.82) is 0 Å². The molecule has 0 radical (unpaired) electrons. The van der Waals surface area contributed by atoms with Gasteiger partial charge in [0, 0.05) is 31.9 Å². The maximum Gasteiger partial charge on any atom is 0.238 e. The summed E-state index contributed by atoms with van der Waals surface area (Å²) in [7, 11) is 0. The van der Waals surface area contributed by atoms with E-state index in [0.717, 1.165) is 48.8 Å². The average Bonchev–Trinajstić information content (AvgIpc) is 3.25. The molecule has 2 aromatic carbocycles. The third-order valence-corrected chi connectivity index (χ3v) is 6.17. The van der Waals surface area contributed by atoms with Crippen LogP contribution in [0, 0.1) is 19.7 Å². The van der Waals surface area contributed by atoms with Crippen molar-refractivity contribution in [2.45, 2.75) is 13.8 Å². The fourth-order valence-corrected chi connectivity index (χ4v) is 4.29. The molecule has 0 unspecified atom stereocenters. The van der Waals surface area contributed by atoms with Crippen molar-refractivity contribution >= 4 is 23.1 Å². The first kappa shape index (κ1) is 22.0. The first-order valence-corrected chi connectivity index (χ1v) is 11.3. The summed E-state index contributed by atoms with van der Waals surface area (Å²) in [5, 5.41) is 16.0. The number of hydrogen-bond donors (Lipinski definition) is 1. The third-order valence-electron chi connectivity index (χ3n) is 6.17. The summed E-state index contributed by atoms with van der Waals surface area (Å²) in [5.74, 6) is 0.766. The van der Waals surface area contributed by atoms with Crippen molar-refractivity contribution in [2.24, 2.45) is 0 Å². The van der Waals surface area contributed by atoms with Crippen LogP contribution in [0.5, 0.6) is 0 Å². The van der Waals surface area contributed by atoms with Gasteiger partial charge in [-0.25, -0.2) is 4.39 Å². The van der Waals surface area contributed by atoms with E-state index in [2.05, 4.69) is 25.3 Å². The fourth-order valence-electron chi connectivity index (χ4n) is 4.29. The van der Waals surface area contributed by atoms with Crippen LogP contribution in [0.2, 0.25) is 0 Å². The molecule has 4 aromatic rings. The van der Waals surface area contributed by atoms with Crippen molar-refractivity contribution in [2.75, 3.05) is 42.9 Å². The number of amides is 1. The van der Waals surface area contributed by atoms with E-state index in [4.69, 9.17) is 5.10 Å². The maximum absolute atomic E-state index is 14.3. The van der Waals surface area contributed by atoms with Gasteiger partial charge in [-0.05, 0) is 49.2 Å². The lowest BCUT2D eigenvalue weighted by Crippen LogP contribution is -2.49. The summed E-state index contributed by atoms with van der Waals surface area (Å²) < 4.78 is 15.9. The molecular weight excluding hydrogens is 433 g/mol. The Balaban J connectivity index is 1.25. The zero-order valence-electron chi connectivity index (χ0n) is 19.2. The SMILES string of the molecule is Cc1cccc(C)c1NC(=O)CN1CCN(c2ccc3nnc(-c4ccccc4F)n3n2)CC1. The number of carbonyl (C=O) groups excluding carboxylic acids is 1. The van der Waals surface area contributed by atoms with Gasteiger partial charge in [-0.15, -0.1) is 15.3 Å². The molecule has 0 spiro atoms. The van der Waals surface area contributed by atoms with E-state index in [1.54, 1.807) is 22.7 Å². The zero-order chi connectivity index (χ0) is 23.7. The summed E-state index contributed by atoms with van der Waals surface area (Å²) in [5.41, 5.74) is 3.93. The number of benzene rings is 2. The number of aryl methyl sites for hydroxylation is 2. The van der Waals surface area contributed by atoms with Gasteiger partial charge in [0.15, 0.2) is 11.5 Å². The van der Waals surface area contributed by atoms with Gasteiger partial charge in [-0.1, -0.05) is 30.3 Å². The molecule has 1 saturated heterocycles. The van der Waals surface area contributed by atoms with Gasteiger partial charge in [0.2, 0.25) is 5.91 Å². The Morgan fingerprint density at radius 2 is 1.68 bits per heavy atom. The monoisotopic (exact) mass is 459 g/mol. The summed E-state index contributed by atoms with van der Waals surface area (Å²) in [6.07, 6.45) is 0. The second-order valence-electron chi connectivity index (χ2n) is 8.54. The number of nitrogens with one attached hydrogen (secondary N) is 1. The van der Waals surface area contributed by atoms with Gasteiger partial charge in [0.05, 0.1) is 12.1 Å². The summed E-state index contributed by atoms with van der Waals surface area (Å²) in [4.78, 5) is 16.9. The Kier molecular flexibility index (Phi) is 5.93. The van der Waals surface area contributed by atoms with Crippen LogP contribution < -0.4 is 10.2 Å². The highest BCUT2D eigenvalue weighted by molar-refractivity contribution is 5.93. The Morgan fingerprint density at radius 1 is 0.941 bits per heavy atom. The number of carbonyl (C=O) groups is 1. The van der Waals surface area contributed by atoms with Gasteiger partial charge in [-0.2, -0.15) is 4.52 Å². The first-order valence-electron chi connectivity index (χ1n) is 11.3. The lowest BCUT2D eigenvalue weighted by molar-refractivity contribution is -0.117. The van der Waals surface area contributed by atoms with Gasteiger partial charge >= 0.3 is 0 Å². The fraction of sp³-hybridized carbons (Fsp3) is 0.280. The Hall–Kier alpha value is -3.85. The molecule has 0 bridgehead atoms. The summed E-state index contributed by atoms with van der Waals surface area (Å²) in [6, 6.07) is 16.2. The molecule has 3 heterocycles. The summed E-state index contributed by atoms with van der Waals surface area (Å²) in [6.45, 7) is 7.28. The van der Waals surface area contributed by atoms with Crippen molar-refractivity contribution in [3.05, 3.63) is 71.5 Å². The van der Waals surface area contributed by atoms with Crippen molar-refractivity contribution in [3.8, 4) is 11.4 Å².